The standard InChI is InChI=1S/C14H8BrClN2O3/c15-12-6-5-11(21-12)13(19)10(7-17)14(20)18-9-3-1-8(16)2-4-9/h1-6,10H,(H,18,20). The Kier molecular flexibility index (Phi) is 4.78. The van der Waals surface area contributed by atoms with Crippen LogP contribution in [-0.4, -0.2) is 11.7 Å². The van der Waals surface area contributed by atoms with Crippen molar-refractivity contribution in [2.45, 2.75) is 0 Å². The van der Waals surface area contributed by atoms with E-state index < -0.39 is 17.6 Å². The molecule has 0 fully saturated rings. The molecule has 0 bridgehead atoms. The number of carbonyl (C=O) groups excluding carboxylic acids is 2. The second-order valence-electron chi connectivity index (χ2n) is 4.03. The quantitative estimate of drug-likeness (QED) is 0.660. The van der Waals surface area contributed by atoms with Gasteiger partial charge in [-0.25, -0.2) is 0 Å². The van der Waals surface area contributed by atoms with Gasteiger partial charge in [0.2, 0.25) is 11.7 Å². The first-order valence-corrected chi connectivity index (χ1v) is 6.94. The van der Waals surface area contributed by atoms with Gasteiger partial charge in [0.25, 0.3) is 0 Å². The molecule has 106 valence electrons. The third-order valence-corrected chi connectivity index (χ3v) is 3.26. The van der Waals surface area contributed by atoms with E-state index in [0.717, 1.165) is 0 Å². The van der Waals surface area contributed by atoms with Gasteiger partial charge >= 0.3 is 0 Å². The van der Waals surface area contributed by atoms with Crippen molar-refractivity contribution >= 4 is 44.9 Å². The van der Waals surface area contributed by atoms with Crippen LogP contribution in [0.5, 0.6) is 0 Å². The smallest absolute Gasteiger partial charge is 0.249 e. The number of halogens is 2. The third-order valence-electron chi connectivity index (χ3n) is 2.58. The normalized spacial score (nSPS) is 11.5. The molecular formula is C14H8BrClN2O3. The molecule has 5 nitrogen and oxygen atoms in total. The number of ketones is 1. The van der Waals surface area contributed by atoms with E-state index in [1.807, 2.05) is 0 Å². The van der Waals surface area contributed by atoms with E-state index in [1.165, 1.54) is 12.1 Å². The summed E-state index contributed by atoms with van der Waals surface area (Å²) >= 11 is 8.79. The SMILES string of the molecule is N#CC(C(=O)Nc1ccc(Cl)cc1)C(=O)c1ccc(Br)o1. The summed E-state index contributed by atoms with van der Waals surface area (Å²) in [5.41, 5.74) is 0.443. The molecule has 1 aromatic carbocycles. The highest BCUT2D eigenvalue weighted by atomic mass is 79.9. The van der Waals surface area contributed by atoms with E-state index in [-0.39, 0.29) is 5.76 Å². The first kappa shape index (κ1) is 15.3. The number of benzene rings is 1. The second kappa shape index (κ2) is 6.57. The van der Waals surface area contributed by atoms with E-state index >= 15 is 0 Å². The monoisotopic (exact) mass is 366 g/mol. The van der Waals surface area contributed by atoms with Crippen LogP contribution in [0.4, 0.5) is 5.69 Å². The number of anilines is 1. The maximum atomic E-state index is 12.1. The average molecular weight is 368 g/mol. The third kappa shape index (κ3) is 3.72. The van der Waals surface area contributed by atoms with Gasteiger partial charge in [0, 0.05) is 10.7 Å². The van der Waals surface area contributed by atoms with Gasteiger partial charge in [0.05, 0.1) is 6.07 Å². The maximum absolute atomic E-state index is 12.1. The summed E-state index contributed by atoms with van der Waals surface area (Å²) in [6.45, 7) is 0. The molecule has 0 aliphatic rings. The number of nitrogens with one attached hydrogen (secondary N) is 1. The Morgan fingerprint density at radius 3 is 2.43 bits per heavy atom. The lowest BCUT2D eigenvalue weighted by atomic mass is 10.0. The van der Waals surface area contributed by atoms with Crippen LogP contribution in [0, 0.1) is 17.2 Å². The van der Waals surface area contributed by atoms with Crippen LogP contribution in [0.2, 0.25) is 5.02 Å². The zero-order chi connectivity index (χ0) is 15.4. The average Bonchev–Trinajstić information content (AvgIpc) is 2.89. The van der Waals surface area contributed by atoms with Gasteiger partial charge in [0.15, 0.2) is 16.3 Å². The van der Waals surface area contributed by atoms with Crippen molar-refractivity contribution in [3.8, 4) is 6.07 Å². The molecule has 1 atom stereocenters. The number of rotatable bonds is 4. The fraction of sp³-hybridized carbons (Fsp3) is 0.0714. The van der Waals surface area contributed by atoms with Gasteiger partial charge < -0.3 is 9.73 Å². The molecule has 21 heavy (non-hydrogen) atoms. The molecule has 0 aliphatic carbocycles. The molecule has 7 heteroatoms. The Morgan fingerprint density at radius 2 is 1.90 bits per heavy atom. The fourth-order valence-electron chi connectivity index (χ4n) is 1.57. The molecule has 0 saturated carbocycles. The Bertz CT molecular complexity index is 719. The summed E-state index contributed by atoms with van der Waals surface area (Å²) in [5, 5.41) is 12.0. The molecule has 1 heterocycles. The molecule has 0 radical (unpaired) electrons. The fourth-order valence-corrected chi connectivity index (χ4v) is 2.01. The minimum Gasteiger partial charge on any atom is -0.446 e. The molecule has 0 spiro atoms. The van der Waals surface area contributed by atoms with Crippen LogP contribution < -0.4 is 5.32 Å². The Hall–Kier alpha value is -2.10. The Balaban J connectivity index is 2.14. The van der Waals surface area contributed by atoms with Crippen LogP contribution in [0.15, 0.2) is 45.5 Å². The summed E-state index contributed by atoms with van der Waals surface area (Å²) in [6.07, 6.45) is 0. The van der Waals surface area contributed by atoms with Crippen molar-refractivity contribution in [3.63, 3.8) is 0 Å². The number of nitrogens with zero attached hydrogens (tertiary/aromatic N) is 1. The highest BCUT2D eigenvalue weighted by molar-refractivity contribution is 9.10. The van der Waals surface area contributed by atoms with Crippen LogP contribution in [0.1, 0.15) is 10.6 Å². The lowest BCUT2D eigenvalue weighted by molar-refractivity contribution is -0.117. The predicted molar refractivity (Wildman–Crippen MR) is 79.9 cm³/mol. The molecule has 0 saturated heterocycles. The van der Waals surface area contributed by atoms with Gasteiger partial charge in [-0.2, -0.15) is 5.26 Å². The topological polar surface area (TPSA) is 83.1 Å². The lowest BCUT2D eigenvalue weighted by Gasteiger charge is -2.08. The summed E-state index contributed by atoms with van der Waals surface area (Å²) in [6, 6.07) is 10.9. The number of carbonyl (C=O) groups is 2. The van der Waals surface area contributed by atoms with Crippen molar-refractivity contribution in [3.05, 3.63) is 51.9 Å². The number of hydrogen-bond acceptors (Lipinski definition) is 4. The number of hydrogen-bond donors (Lipinski definition) is 1. The molecule has 2 rings (SSSR count). The van der Waals surface area contributed by atoms with E-state index in [9.17, 15) is 9.59 Å². The number of nitriles is 1. The van der Waals surface area contributed by atoms with Gasteiger partial charge in [-0.1, -0.05) is 11.6 Å². The summed E-state index contributed by atoms with van der Waals surface area (Å²) in [7, 11) is 0. The summed E-state index contributed by atoms with van der Waals surface area (Å²) in [4.78, 5) is 24.1. The molecular weight excluding hydrogens is 360 g/mol. The van der Waals surface area contributed by atoms with Crippen LogP contribution >= 0.6 is 27.5 Å². The van der Waals surface area contributed by atoms with Crippen LogP contribution in [-0.2, 0) is 4.79 Å². The Morgan fingerprint density at radius 1 is 1.24 bits per heavy atom. The molecule has 0 aliphatic heterocycles. The number of furan rings is 1. The molecule has 2 aromatic rings. The van der Waals surface area contributed by atoms with Crippen molar-refractivity contribution in [2.24, 2.45) is 5.92 Å². The predicted octanol–water partition coefficient (Wildman–Crippen LogP) is 3.66. The van der Waals surface area contributed by atoms with E-state index in [1.54, 1.807) is 30.3 Å². The minimum atomic E-state index is -1.49. The van der Waals surface area contributed by atoms with Crippen molar-refractivity contribution in [2.75, 3.05) is 5.32 Å². The molecule has 1 aromatic heterocycles. The summed E-state index contributed by atoms with van der Waals surface area (Å²) in [5.74, 6) is -2.97. The highest BCUT2D eigenvalue weighted by Crippen LogP contribution is 2.19. The lowest BCUT2D eigenvalue weighted by Crippen LogP contribution is -2.28. The van der Waals surface area contributed by atoms with Gasteiger partial charge in [-0.05, 0) is 52.3 Å². The molecule has 1 unspecified atom stereocenters. The zero-order valence-electron chi connectivity index (χ0n) is 10.5. The second-order valence-corrected chi connectivity index (χ2v) is 5.24. The zero-order valence-corrected chi connectivity index (χ0v) is 12.8. The first-order valence-electron chi connectivity index (χ1n) is 5.77. The van der Waals surface area contributed by atoms with Crippen molar-refractivity contribution in [1.29, 1.82) is 5.26 Å². The first-order chi connectivity index (χ1) is 10.0. The van der Waals surface area contributed by atoms with Crippen LogP contribution in [0.25, 0.3) is 0 Å². The van der Waals surface area contributed by atoms with E-state index in [4.69, 9.17) is 21.3 Å². The van der Waals surface area contributed by atoms with Crippen molar-refractivity contribution in [1.82, 2.24) is 0 Å². The maximum Gasteiger partial charge on any atom is 0.249 e. The van der Waals surface area contributed by atoms with Gasteiger partial charge in [-0.15, -0.1) is 0 Å². The van der Waals surface area contributed by atoms with Gasteiger partial charge in [0.1, 0.15) is 0 Å². The minimum absolute atomic E-state index is 0.0559. The molecule has 1 amide bonds. The van der Waals surface area contributed by atoms with E-state index in [0.29, 0.717) is 15.4 Å². The molecule has 1 N–H and O–H groups in total. The number of amides is 1. The van der Waals surface area contributed by atoms with Crippen LogP contribution in [0.3, 0.4) is 0 Å². The van der Waals surface area contributed by atoms with E-state index in [2.05, 4.69) is 21.2 Å². The largest absolute Gasteiger partial charge is 0.446 e. The Labute approximate surface area is 133 Å². The highest BCUT2D eigenvalue weighted by Gasteiger charge is 2.29. The van der Waals surface area contributed by atoms with Crippen molar-refractivity contribution < 1.29 is 14.0 Å². The number of Topliss-reactive ketones (excluding diaryl/α,β-unsaturated/α-hetero) is 1. The van der Waals surface area contributed by atoms with Gasteiger partial charge in [-0.3, -0.25) is 9.59 Å². The summed E-state index contributed by atoms with van der Waals surface area (Å²) < 4.78 is 5.41.